The molecule has 1 saturated carbocycles. The Morgan fingerprint density at radius 2 is 2.04 bits per heavy atom. The molecule has 2 aliphatic heterocycles. The SMILES string of the molecule is CC1CC2(CCC2)CN1S(=O)(=O)c1ccc2c(c1)CN(C(=O)O)CC2. The highest BCUT2D eigenvalue weighted by Crippen LogP contribution is 2.51. The van der Waals surface area contributed by atoms with Crippen LogP contribution in [-0.4, -0.2) is 48.0 Å². The van der Waals surface area contributed by atoms with Gasteiger partial charge in [0.2, 0.25) is 10.0 Å². The minimum absolute atomic E-state index is 0.0249. The van der Waals surface area contributed by atoms with Crippen LogP contribution in [0.4, 0.5) is 4.79 Å². The van der Waals surface area contributed by atoms with E-state index >= 15 is 0 Å². The quantitative estimate of drug-likeness (QED) is 0.875. The molecule has 0 bridgehead atoms. The predicted octanol–water partition coefficient (Wildman–Crippen LogP) is 2.68. The van der Waals surface area contributed by atoms with Crippen LogP contribution in [0, 0.1) is 5.41 Å². The topological polar surface area (TPSA) is 77.9 Å². The Kier molecular flexibility index (Phi) is 3.85. The molecule has 7 heteroatoms. The van der Waals surface area contributed by atoms with Gasteiger partial charge in [-0.2, -0.15) is 4.31 Å². The van der Waals surface area contributed by atoms with Crippen LogP contribution < -0.4 is 0 Å². The van der Waals surface area contributed by atoms with Crippen molar-refractivity contribution in [3.8, 4) is 0 Å². The first kappa shape index (κ1) is 16.8. The van der Waals surface area contributed by atoms with Crippen molar-refractivity contribution in [3.63, 3.8) is 0 Å². The molecule has 1 aliphatic carbocycles. The van der Waals surface area contributed by atoms with Crippen LogP contribution >= 0.6 is 0 Å². The number of nitrogens with zero attached hydrogens (tertiary/aromatic N) is 2. The number of fused-ring (bicyclic) bond motifs is 1. The lowest BCUT2D eigenvalue weighted by Crippen LogP contribution is -2.38. The van der Waals surface area contributed by atoms with Gasteiger partial charge in [0, 0.05) is 25.7 Å². The summed E-state index contributed by atoms with van der Waals surface area (Å²) < 4.78 is 28.0. The summed E-state index contributed by atoms with van der Waals surface area (Å²) >= 11 is 0. The number of rotatable bonds is 2. The molecule has 2 heterocycles. The number of sulfonamides is 1. The van der Waals surface area contributed by atoms with Crippen LogP contribution in [-0.2, 0) is 23.0 Å². The summed E-state index contributed by atoms with van der Waals surface area (Å²) in [6.07, 6.45) is 4.07. The maximum atomic E-state index is 13.2. The monoisotopic (exact) mass is 364 g/mol. The third kappa shape index (κ3) is 2.73. The van der Waals surface area contributed by atoms with Gasteiger partial charge in [0.25, 0.3) is 0 Å². The van der Waals surface area contributed by atoms with E-state index in [0.717, 1.165) is 30.4 Å². The van der Waals surface area contributed by atoms with Crippen molar-refractivity contribution in [2.45, 2.75) is 56.5 Å². The molecule has 1 aromatic rings. The number of amides is 1. The van der Waals surface area contributed by atoms with E-state index in [1.165, 1.54) is 11.3 Å². The summed E-state index contributed by atoms with van der Waals surface area (Å²) in [4.78, 5) is 12.8. The van der Waals surface area contributed by atoms with Gasteiger partial charge in [0.15, 0.2) is 0 Å². The van der Waals surface area contributed by atoms with Crippen molar-refractivity contribution in [3.05, 3.63) is 29.3 Å². The average Bonchev–Trinajstić information content (AvgIpc) is 2.92. The van der Waals surface area contributed by atoms with E-state index in [1.807, 2.05) is 13.0 Å². The molecule has 1 N–H and O–H groups in total. The lowest BCUT2D eigenvalue weighted by molar-refractivity contribution is 0.140. The fraction of sp³-hybridized carbons (Fsp3) is 0.611. The average molecular weight is 364 g/mol. The molecule has 6 nitrogen and oxygen atoms in total. The van der Waals surface area contributed by atoms with Gasteiger partial charge in [-0.25, -0.2) is 13.2 Å². The number of carboxylic acid groups (broad SMARTS) is 1. The molecule has 1 spiro atoms. The van der Waals surface area contributed by atoms with Crippen LogP contribution in [0.2, 0.25) is 0 Å². The van der Waals surface area contributed by atoms with Gasteiger partial charge in [-0.15, -0.1) is 0 Å². The predicted molar refractivity (Wildman–Crippen MR) is 92.8 cm³/mol. The molecule has 1 saturated heterocycles. The third-order valence-electron chi connectivity index (χ3n) is 6.19. The molecule has 1 amide bonds. The first-order valence-electron chi connectivity index (χ1n) is 8.92. The minimum Gasteiger partial charge on any atom is -0.465 e. The van der Waals surface area contributed by atoms with Crippen LogP contribution in [0.3, 0.4) is 0 Å². The summed E-state index contributed by atoms with van der Waals surface area (Å²) in [5.41, 5.74) is 2.04. The van der Waals surface area contributed by atoms with E-state index in [1.54, 1.807) is 16.4 Å². The Balaban J connectivity index is 1.63. The van der Waals surface area contributed by atoms with Crippen molar-refractivity contribution in [1.29, 1.82) is 0 Å². The molecule has 2 fully saturated rings. The highest BCUT2D eigenvalue weighted by molar-refractivity contribution is 7.89. The van der Waals surface area contributed by atoms with Gasteiger partial charge in [-0.05, 0) is 61.3 Å². The molecule has 1 atom stereocenters. The molecule has 3 aliphatic rings. The Bertz CT molecular complexity index is 816. The zero-order chi connectivity index (χ0) is 17.8. The smallest absolute Gasteiger partial charge is 0.407 e. The number of hydrogen-bond acceptors (Lipinski definition) is 3. The van der Waals surface area contributed by atoms with Crippen molar-refractivity contribution in [1.82, 2.24) is 9.21 Å². The summed E-state index contributed by atoms with van der Waals surface area (Å²) in [6, 6.07) is 5.24. The second-order valence-electron chi connectivity index (χ2n) is 7.84. The Hall–Kier alpha value is -1.60. The molecule has 136 valence electrons. The molecule has 0 aromatic heterocycles. The number of hydrogen-bond donors (Lipinski definition) is 1. The third-order valence-corrected chi connectivity index (χ3v) is 8.15. The second-order valence-corrected chi connectivity index (χ2v) is 9.73. The van der Waals surface area contributed by atoms with Crippen LogP contribution in [0.25, 0.3) is 0 Å². The highest BCUT2D eigenvalue weighted by atomic mass is 32.2. The van der Waals surface area contributed by atoms with E-state index < -0.39 is 16.1 Å². The molecule has 1 unspecified atom stereocenters. The Morgan fingerprint density at radius 1 is 1.28 bits per heavy atom. The van der Waals surface area contributed by atoms with Crippen molar-refractivity contribution < 1.29 is 18.3 Å². The Morgan fingerprint density at radius 3 is 2.64 bits per heavy atom. The molecule has 0 radical (unpaired) electrons. The van der Waals surface area contributed by atoms with Crippen LogP contribution in [0.5, 0.6) is 0 Å². The number of benzene rings is 1. The lowest BCUT2D eigenvalue weighted by atomic mass is 9.68. The lowest BCUT2D eigenvalue weighted by Gasteiger charge is -2.38. The first-order valence-corrected chi connectivity index (χ1v) is 10.4. The summed E-state index contributed by atoms with van der Waals surface area (Å²) in [5.74, 6) is 0. The summed E-state index contributed by atoms with van der Waals surface area (Å²) in [5, 5.41) is 9.19. The van der Waals surface area contributed by atoms with Gasteiger partial charge in [0.05, 0.1) is 4.90 Å². The van der Waals surface area contributed by atoms with Crippen molar-refractivity contribution in [2.24, 2.45) is 5.41 Å². The second kappa shape index (κ2) is 5.71. The maximum Gasteiger partial charge on any atom is 0.407 e. The highest BCUT2D eigenvalue weighted by Gasteiger charge is 2.50. The molecule has 1 aromatic carbocycles. The first-order chi connectivity index (χ1) is 11.8. The van der Waals surface area contributed by atoms with E-state index in [9.17, 15) is 18.3 Å². The van der Waals surface area contributed by atoms with Gasteiger partial charge < -0.3 is 10.0 Å². The zero-order valence-corrected chi connectivity index (χ0v) is 15.3. The molecule has 25 heavy (non-hydrogen) atoms. The zero-order valence-electron chi connectivity index (χ0n) is 14.4. The van der Waals surface area contributed by atoms with E-state index in [4.69, 9.17) is 0 Å². The maximum absolute atomic E-state index is 13.2. The fourth-order valence-corrected chi connectivity index (χ4v) is 6.43. The van der Waals surface area contributed by atoms with E-state index in [-0.39, 0.29) is 18.0 Å². The van der Waals surface area contributed by atoms with Crippen molar-refractivity contribution in [2.75, 3.05) is 13.1 Å². The molecule has 4 rings (SSSR count). The minimum atomic E-state index is -3.54. The largest absolute Gasteiger partial charge is 0.465 e. The van der Waals surface area contributed by atoms with Gasteiger partial charge >= 0.3 is 6.09 Å². The van der Waals surface area contributed by atoms with Crippen LogP contribution in [0.1, 0.15) is 43.7 Å². The summed E-state index contributed by atoms with van der Waals surface area (Å²) in [7, 11) is -3.54. The van der Waals surface area contributed by atoms with Gasteiger partial charge in [0.1, 0.15) is 0 Å². The van der Waals surface area contributed by atoms with E-state index in [2.05, 4.69) is 0 Å². The fourth-order valence-electron chi connectivity index (χ4n) is 4.63. The van der Waals surface area contributed by atoms with E-state index in [0.29, 0.717) is 24.4 Å². The number of carbonyl (C=O) groups is 1. The summed E-state index contributed by atoms with van der Waals surface area (Å²) in [6.45, 7) is 3.33. The van der Waals surface area contributed by atoms with Crippen LogP contribution in [0.15, 0.2) is 23.1 Å². The standard InChI is InChI=1S/C18H24N2O4S/c1-13-10-18(6-2-7-18)12-20(13)25(23,24)16-4-3-14-5-8-19(17(21)22)11-15(14)9-16/h3-4,9,13H,2,5-8,10-12H2,1H3,(H,21,22). The van der Waals surface area contributed by atoms with Crippen molar-refractivity contribution >= 4 is 16.1 Å². The van der Waals surface area contributed by atoms with Gasteiger partial charge in [-0.3, -0.25) is 0 Å². The molecular formula is C18H24N2O4S. The molecular weight excluding hydrogens is 340 g/mol. The van der Waals surface area contributed by atoms with Gasteiger partial charge in [-0.1, -0.05) is 12.5 Å². The Labute approximate surface area is 148 Å². The normalized spacial score (nSPS) is 25.6.